The molecule has 0 aliphatic carbocycles. The monoisotopic (exact) mass is 492 g/mol. The second-order valence-corrected chi connectivity index (χ2v) is 8.53. The molecule has 1 aliphatic rings. The van der Waals surface area contributed by atoms with Crippen LogP contribution in [0.2, 0.25) is 5.02 Å². The zero-order valence-electron chi connectivity index (χ0n) is 19.4. The highest BCUT2D eigenvalue weighted by atomic mass is 35.5. The molecule has 0 amide bonds. The Labute approximate surface area is 207 Å². The number of aryl methyl sites for hydroxylation is 1. The Morgan fingerprint density at radius 2 is 1.86 bits per heavy atom. The number of halogens is 1. The molecule has 9 nitrogen and oxygen atoms in total. The van der Waals surface area contributed by atoms with Crippen molar-refractivity contribution >= 4 is 39.6 Å². The molecule has 180 valence electrons. The summed E-state index contributed by atoms with van der Waals surface area (Å²) in [7, 11) is 1.62. The molecule has 4 aromatic rings. The lowest BCUT2D eigenvalue weighted by molar-refractivity contribution is 0.416. The van der Waals surface area contributed by atoms with E-state index >= 15 is 0 Å². The topological polar surface area (TPSA) is 105 Å². The number of ether oxygens (including phenoxy) is 2. The van der Waals surface area contributed by atoms with Crippen molar-refractivity contribution in [3.8, 4) is 23.3 Å². The maximum atomic E-state index is 10.6. The molecule has 0 radical (unpaired) electrons. The van der Waals surface area contributed by atoms with Gasteiger partial charge in [0.2, 0.25) is 11.8 Å². The maximum absolute atomic E-state index is 10.6. The van der Waals surface area contributed by atoms with Crippen LogP contribution in [0.3, 0.4) is 0 Å². The van der Waals surface area contributed by atoms with E-state index in [9.17, 15) is 5.11 Å². The molecule has 3 heterocycles. The second kappa shape index (κ2) is 9.81. The van der Waals surface area contributed by atoms with Crippen LogP contribution in [-0.2, 0) is 0 Å². The normalized spacial score (nSPS) is 13.6. The van der Waals surface area contributed by atoms with Crippen LogP contribution in [-0.4, -0.2) is 53.6 Å². The zero-order valence-corrected chi connectivity index (χ0v) is 20.1. The number of aromatic hydroxyl groups is 1. The Morgan fingerprint density at radius 3 is 2.63 bits per heavy atom. The SMILES string of the molecule is COc1cc(N2CCNCC2)ccc1Nc1nc(Oc2ccccc2Cl)cc2c(C)nnc(O)c12. The lowest BCUT2D eigenvalue weighted by Gasteiger charge is -2.30. The number of benzene rings is 2. The quantitative estimate of drug-likeness (QED) is 0.355. The molecular formula is C25H25ClN6O3. The van der Waals surface area contributed by atoms with Gasteiger partial charge in [-0.3, -0.25) is 0 Å². The van der Waals surface area contributed by atoms with Crippen molar-refractivity contribution in [2.45, 2.75) is 6.92 Å². The van der Waals surface area contributed by atoms with Crippen molar-refractivity contribution in [2.75, 3.05) is 43.5 Å². The van der Waals surface area contributed by atoms with Gasteiger partial charge in [-0.2, -0.15) is 10.1 Å². The van der Waals surface area contributed by atoms with Gasteiger partial charge in [-0.15, -0.1) is 5.10 Å². The van der Waals surface area contributed by atoms with Gasteiger partial charge in [-0.1, -0.05) is 23.7 Å². The first-order valence-electron chi connectivity index (χ1n) is 11.2. The van der Waals surface area contributed by atoms with E-state index in [0.29, 0.717) is 50.4 Å². The largest absolute Gasteiger partial charge is 0.494 e. The number of rotatable bonds is 6. The summed E-state index contributed by atoms with van der Waals surface area (Å²) in [5.74, 6) is 1.52. The van der Waals surface area contributed by atoms with Gasteiger partial charge < -0.3 is 30.1 Å². The minimum Gasteiger partial charge on any atom is -0.494 e. The van der Waals surface area contributed by atoms with Gasteiger partial charge in [0.05, 0.1) is 28.9 Å². The molecule has 2 aromatic carbocycles. The van der Waals surface area contributed by atoms with E-state index in [1.54, 1.807) is 32.2 Å². The van der Waals surface area contributed by atoms with Gasteiger partial charge in [0, 0.05) is 49.4 Å². The molecule has 1 fully saturated rings. The van der Waals surface area contributed by atoms with E-state index in [4.69, 9.17) is 21.1 Å². The molecule has 5 rings (SSSR count). The third-order valence-electron chi connectivity index (χ3n) is 5.88. The van der Waals surface area contributed by atoms with Crippen molar-refractivity contribution in [2.24, 2.45) is 0 Å². The number of hydrogen-bond donors (Lipinski definition) is 3. The number of aromatic nitrogens is 3. The summed E-state index contributed by atoms with van der Waals surface area (Å²) < 4.78 is 11.7. The Bertz CT molecular complexity index is 1380. The Balaban J connectivity index is 1.56. The predicted molar refractivity (Wildman–Crippen MR) is 137 cm³/mol. The predicted octanol–water partition coefficient (Wildman–Crippen LogP) is 4.65. The van der Waals surface area contributed by atoms with Crippen LogP contribution in [0.4, 0.5) is 17.2 Å². The van der Waals surface area contributed by atoms with Crippen molar-refractivity contribution in [3.05, 3.63) is 59.2 Å². The molecule has 3 N–H and O–H groups in total. The number of anilines is 3. The lowest BCUT2D eigenvalue weighted by Crippen LogP contribution is -2.43. The molecule has 0 atom stereocenters. The van der Waals surface area contributed by atoms with Crippen LogP contribution < -0.4 is 25.0 Å². The third-order valence-corrected chi connectivity index (χ3v) is 6.19. The fourth-order valence-electron chi connectivity index (χ4n) is 4.07. The highest BCUT2D eigenvalue weighted by molar-refractivity contribution is 6.32. The Hall–Kier alpha value is -3.82. The maximum Gasteiger partial charge on any atom is 0.242 e. The van der Waals surface area contributed by atoms with Crippen LogP contribution in [0.5, 0.6) is 23.3 Å². The fraction of sp³-hybridized carbons (Fsp3) is 0.240. The zero-order chi connectivity index (χ0) is 24.4. The number of piperazine rings is 1. The van der Waals surface area contributed by atoms with Gasteiger partial charge in [0.1, 0.15) is 17.3 Å². The Kier molecular flexibility index (Phi) is 6.43. The molecule has 1 saturated heterocycles. The molecule has 0 unspecified atom stereocenters. The van der Waals surface area contributed by atoms with Crippen LogP contribution >= 0.6 is 11.6 Å². The highest BCUT2D eigenvalue weighted by Gasteiger charge is 2.19. The van der Waals surface area contributed by atoms with Gasteiger partial charge in [-0.25, -0.2) is 0 Å². The lowest BCUT2D eigenvalue weighted by atomic mass is 10.1. The number of para-hydroxylation sites is 1. The van der Waals surface area contributed by atoms with Gasteiger partial charge in [0.25, 0.3) is 0 Å². The number of methoxy groups -OCH3 is 1. The minimum absolute atomic E-state index is 0.235. The van der Waals surface area contributed by atoms with Crippen molar-refractivity contribution in [1.29, 1.82) is 0 Å². The van der Waals surface area contributed by atoms with E-state index in [1.807, 2.05) is 30.3 Å². The summed E-state index contributed by atoms with van der Waals surface area (Å²) in [6.45, 7) is 5.54. The first-order chi connectivity index (χ1) is 17.0. The van der Waals surface area contributed by atoms with Gasteiger partial charge in [-0.05, 0) is 31.2 Å². The van der Waals surface area contributed by atoms with E-state index in [-0.39, 0.29) is 5.88 Å². The molecule has 10 heteroatoms. The van der Waals surface area contributed by atoms with Crippen molar-refractivity contribution < 1.29 is 14.6 Å². The Morgan fingerprint density at radius 1 is 1.06 bits per heavy atom. The van der Waals surface area contributed by atoms with E-state index in [1.165, 1.54) is 0 Å². The number of pyridine rings is 1. The summed E-state index contributed by atoms with van der Waals surface area (Å²) in [5, 5.41) is 26.7. The highest BCUT2D eigenvalue weighted by Crippen LogP contribution is 2.39. The van der Waals surface area contributed by atoms with Crippen LogP contribution in [0, 0.1) is 6.92 Å². The number of nitrogens with zero attached hydrogens (tertiary/aromatic N) is 4. The summed E-state index contributed by atoms with van der Waals surface area (Å²) in [6, 6.07) is 14.8. The van der Waals surface area contributed by atoms with Crippen molar-refractivity contribution in [3.63, 3.8) is 0 Å². The first-order valence-corrected chi connectivity index (χ1v) is 11.6. The summed E-state index contributed by atoms with van der Waals surface area (Å²) >= 11 is 6.28. The van der Waals surface area contributed by atoms with E-state index in [2.05, 4.69) is 30.7 Å². The second-order valence-electron chi connectivity index (χ2n) is 8.12. The average Bonchev–Trinajstić information content (AvgIpc) is 2.88. The molecular weight excluding hydrogens is 468 g/mol. The van der Waals surface area contributed by atoms with Crippen molar-refractivity contribution in [1.82, 2.24) is 20.5 Å². The average molecular weight is 493 g/mol. The third kappa shape index (κ3) is 4.73. The number of fused-ring (bicyclic) bond motifs is 1. The summed E-state index contributed by atoms with van der Waals surface area (Å²) in [5.41, 5.74) is 2.38. The van der Waals surface area contributed by atoms with Crippen LogP contribution in [0.25, 0.3) is 10.8 Å². The first kappa shape index (κ1) is 22.9. The van der Waals surface area contributed by atoms with Crippen LogP contribution in [0.1, 0.15) is 5.69 Å². The van der Waals surface area contributed by atoms with Gasteiger partial charge >= 0.3 is 0 Å². The summed E-state index contributed by atoms with van der Waals surface area (Å²) in [6.07, 6.45) is 0. The molecule has 35 heavy (non-hydrogen) atoms. The molecule has 1 aliphatic heterocycles. The fourth-order valence-corrected chi connectivity index (χ4v) is 4.25. The number of hydrogen-bond acceptors (Lipinski definition) is 9. The summed E-state index contributed by atoms with van der Waals surface area (Å²) in [4.78, 5) is 6.93. The van der Waals surface area contributed by atoms with Gasteiger partial charge in [0.15, 0.2) is 0 Å². The smallest absolute Gasteiger partial charge is 0.242 e. The van der Waals surface area contributed by atoms with E-state index in [0.717, 1.165) is 31.9 Å². The van der Waals surface area contributed by atoms with Crippen LogP contribution in [0.15, 0.2) is 48.5 Å². The molecule has 2 aromatic heterocycles. The standard InChI is InChI=1S/C25H25ClN6O3/c1-15-17-14-22(35-20-6-4-3-5-18(20)26)29-24(23(17)25(33)31-30-15)28-19-8-7-16(13-21(19)34-2)32-11-9-27-10-12-32/h3-8,13-14,27H,9-12H2,1-2H3,(H,28,29)(H,31,33). The molecule has 0 saturated carbocycles. The minimum atomic E-state index is -0.235. The number of nitrogens with one attached hydrogen (secondary N) is 2. The molecule has 0 spiro atoms. The molecule has 0 bridgehead atoms. The van der Waals surface area contributed by atoms with E-state index < -0.39 is 0 Å².